The van der Waals surface area contributed by atoms with E-state index in [0.717, 1.165) is 18.4 Å². The number of aryl methyl sites for hydroxylation is 1. The van der Waals surface area contributed by atoms with Gasteiger partial charge in [-0.15, -0.1) is 0 Å². The Balaban J connectivity index is 1.47. The molecule has 0 aromatic heterocycles. The number of rotatable bonds is 5. The summed E-state index contributed by atoms with van der Waals surface area (Å²) in [5, 5.41) is 13.4. The van der Waals surface area contributed by atoms with Crippen LogP contribution >= 0.6 is 0 Å². The van der Waals surface area contributed by atoms with Crippen molar-refractivity contribution in [2.24, 2.45) is 0 Å². The van der Waals surface area contributed by atoms with Crippen molar-refractivity contribution in [3.05, 3.63) is 70.8 Å². The van der Waals surface area contributed by atoms with Gasteiger partial charge in [0.2, 0.25) is 0 Å². The van der Waals surface area contributed by atoms with Crippen molar-refractivity contribution >= 4 is 11.8 Å². The second-order valence-electron chi connectivity index (χ2n) is 6.63. The van der Waals surface area contributed by atoms with Gasteiger partial charge in [-0.05, 0) is 36.1 Å². The van der Waals surface area contributed by atoms with Crippen LogP contribution < -0.4 is 5.32 Å². The highest BCUT2D eigenvalue weighted by atomic mass is 16.3. The van der Waals surface area contributed by atoms with Gasteiger partial charge in [-0.1, -0.05) is 36.4 Å². The average molecular weight is 336 g/mol. The Morgan fingerprint density at radius 1 is 1.00 bits per heavy atom. The van der Waals surface area contributed by atoms with Gasteiger partial charge in [-0.2, -0.15) is 0 Å². The third kappa shape index (κ3) is 2.47. The van der Waals surface area contributed by atoms with E-state index < -0.39 is 5.54 Å². The lowest BCUT2D eigenvalue weighted by Crippen LogP contribution is -2.47. The van der Waals surface area contributed by atoms with Gasteiger partial charge >= 0.3 is 0 Å². The molecule has 1 aliphatic carbocycles. The number of benzene rings is 2. The SMILES string of the molecule is O=C1c2ccccc2C(=O)N1CCNC1(CO)CCc2ccccc21. The number of hydrogen-bond acceptors (Lipinski definition) is 4. The predicted molar refractivity (Wildman–Crippen MR) is 93.3 cm³/mol. The fourth-order valence-corrected chi connectivity index (χ4v) is 3.94. The van der Waals surface area contributed by atoms with Crippen LogP contribution in [0.25, 0.3) is 0 Å². The molecule has 2 aromatic carbocycles. The zero-order valence-corrected chi connectivity index (χ0v) is 13.9. The number of imide groups is 1. The van der Waals surface area contributed by atoms with E-state index in [1.54, 1.807) is 24.3 Å². The van der Waals surface area contributed by atoms with E-state index in [9.17, 15) is 14.7 Å². The molecule has 1 heterocycles. The Kier molecular flexibility index (Phi) is 3.90. The first-order valence-electron chi connectivity index (χ1n) is 8.56. The first-order chi connectivity index (χ1) is 12.2. The van der Waals surface area contributed by atoms with Crippen molar-refractivity contribution in [3.8, 4) is 0 Å². The van der Waals surface area contributed by atoms with Gasteiger partial charge in [-0.3, -0.25) is 14.5 Å². The Morgan fingerprint density at radius 2 is 1.64 bits per heavy atom. The summed E-state index contributed by atoms with van der Waals surface area (Å²) in [4.78, 5) is 26.1. The normalized spacial score (nSPS) is 21.6. The second-order valence-corrected chi connectivity index (χ2v) is 6.63. The lowest BCUT2D eigenvalue weighted by atomic mass is 9.92. The lowest BCUT2D eigenvalue weighted by Gasteiger charge is -2.30. The van der Waals surface area contributed by atoms with Crippen molar-refractivity contribution < 1.29 is 14.7 Å². The molecule has 2 N–H and O–H groups in total. The molecule has 0 bridgehead atoms. The number of nitrogens with zero attached hydrogens (tertiary/aromatic N) is 1. The lowest BCUT2D eigenvalue weighted by molar-refractivity contribution is 0.0647. The summed E-state index contributed by atoms with van der Waals surface area (Å²) >= 11 is 0. The van der Waals surface area contributed by atoms with Gasteiger partial charge in [0, 0.05) is 13.1 Å². The molecule has 0 radical (unpaired) electrons. The maximum atomic E-state index is 12.4. The van der Waals surface area contributed by atoms with Crippen LogP contribution in [0.3, 0.4) is 0 Å². The molecule has 128 valence electrons. The van der Waals surface area contributed by atoms with E-state index in [1.165, 1.54) is 10.5 Å². The summed E-state index contributed by atoms with van der Waals surface area (Å²) in [6.45, 7) is 0.725. The van der Waals surface area contributed by atoms with Crippen LogP contribution in [0.1, 0.15) is 38.3 Å². The number of aliphatic hydroxyl groups is 1. The average Bonchev–Trinajstić information content (AvgIpc) is 3.14. The smallest absolute Gasteiger partial charge is 0.261 e. The molecule has 2 aromatic rings. The Bertz CT molecular complexity index is 813. The van der Waals surface area contributed by atoms with Gasteiger partial charge in [-0.25, -0.2) is 0 Å². The largest absolute Gasteiger partial charge is 0.394 e. The molecule has 5 heteroatoms. The Morgan fingerprint density at radius 3 is 2.32 bits per heavy atom. The van der Waals surface area contributed by atoms with E-state index in [4.69, 9.17) is 0 Å². The number of carbonyl (C=O) groups is 2. The molecule has 5 nitrogen and oxygen atoms in total. The fraction of sp³-hybridized carbons (Fsp3) is 0.300. The van der Waals surface area contributed by atoms with Crippen molar-refractivity contribution in [2.75, 3.05) is 19.7 Å². The zero-order chi connectivity index (χ0) is 17.4. The van der Waals surface area contributed by atoms with Crippen LogP contribution in [0.15, 0.2) is 48.5 Å². The topological polar surface area (TPSA) is 69.6 Å². The van der Waals surface area contributed by atoms with Crippen LogP contribution in [-0.4, -0.2) is 41.5 Å². The molecule has 1 aliphatic heterocycles. The molecule has 0 fully saturated rings. The van der Waals surface area contributed by atoms with Gasteiger partial charge in [0.05, 0.1) is 23.3 Å². The Hall–Kier alpha value is -2.50. The van der Waals surface area contributed by atoms with Gasteiger partial charge in [0.15, 0.2) is 0 Å². The van der Waals surface area contributed by atoms with E-state index in [1.807, 2.05) is 18.2 Å². The minimum atomic E-state index is -0.491. The first-order valence-corrected chi connectivity index (χ1v) is 8.56. The standard InChI is InChI=1S/C20H20N2O3/c23-13-20(10-9-14-5-1-4-8-17(14)20)21-11-12-22-18(24)15-6-2-3-7-16(15)19(22)25/h1-8,21,23H,9-13H2. The highest BCUT2D eigenvalue weighted by Gasteiger charge is 2.39. The number of hydrogen-bond donors (Lipinski definition) is 2. The molecule has 0 spiro atoms. The van der Waals surface area contributed by atoms with E-state index in [2.05, 4.69) is 11.4 Å². The third-order valence-corrected chi connectivity index (χ3v) is 5.30. The molecular formula is C20H20N2O3. The van der Waals surface area contributed by atoms with Crippen molar-refractivity contribution in [1.82, 2.24) is 10.2 Å². The van der Waals surface area contributed by atoms with E-state index >= 15 is 0 Å². The molecule has 1 unspecified atom stereocenters. The third-order valence-electron chi connectivity index (χ3n) is 5.30. The molecule has 0 saturated carbocycles. The molecule has 0 saturated heterocycles. The van der Waals surface area contributed by atoms with Crippen molar-refractivity contribution in [3.63, 3.8) is 0 Å². The molecular weight excluding hydrogens is 316 g/mol. The zero-order valence-electron chi connectivity index (χ0n) is 13.9. The molecule has 2 aliphatic rings. The monoisotopic (exact) mass is 336 g/mol. The Labute approximate surface area is 146 Å². The quantitative estimate of drug-likeness (QED) is 0.816. The second kappa shape index (κ2) is 6.10. The summed E-state index contributed by atoms with van der Waals surface area (Å²) in [6.07, 6.45) is 1.72. The molecule has 2 amide bonds. The molecule has 25 heavy (non-hydrogen) atoms. The van der Waals surface area contributed by atoms with Gasteiger partial charge in [0.1, 0.15) is 0 Å². The molecule has 1 atom stereocenters. The highest BCUT2D eigenvalue weighted by Crippen LogP contribution is 2.36. The van der Waals surface area contributed by atoms with Crippen LogP contribution in [0.5, 0.6) is 0 Å². The van der Waals surface area contributed by atoms with Crippen LogP contribution in [0.4, 0.5) is 0 Å². The van der Waals surface area contributed by atoms with Crippen LogP contribution in [-0.2, 0) is 12.0 Å². The van der Waals surface area contributed by atoms with Crippen LogP contribution in [0, 0.1) is 0 Å². The minimum Gasteiger partial charge on any atom is -0.394 e. The maximum absolute atomic E-state index is 12.4. The van der Waals surface area contributed by atoms with Crippen molar-refractivity contribution in [2.45, 2.75) is 18.4 Å². The van der Waals surface area contributed by atoms with E-state index in [0.29, 0.717) is 17.7 Å². The minimum absolute atomic E-state index is 0.00781. The van der Waals surface area contributed by atoms with Crippen LogP contribution in [0.2, 0.25) is 0 Å². The fourth-order valence-electron chi connectivity index (χ4n) is 3.94. The summed E-state index contributed by atoms with van der Waals surface area (Å²) in [5.41, 5.74) is 2.80. The molecule has 4 rings (SSSR count). The van der Waals surface area contributed by atoms with Gasteiger partial charge in [0.25, 0.3) is 11.8 Å². The highest BCUT2D eigenvalue weighted by molar-refractivity contribution is 6.21. The summed E-state index contributed by atoms with van der Waals surface area (Å²) in [6, 6.07) is 15.0. The van der Waals surface area contributed by atoms with E-state index in [-0.39, 0.29) is 25.0 Å². The summed E-state index contributed by atoms with van der Waals surface area (Å²) in [7, 11) is 0. The number of amides is 2. The van der Waals surface area contributed by atoms with Crippen molar-refractivity contribution in [1.29, 1.82) is 0 Å². The number of nitrogens with one attached hydrogen (secondary N) is 1. The maximum Gasteiger partial charge on any atom is 0.261 e. The summed E-state index contributed by atoms with van der Waals surface area (Å²) < 4.78 is 0. The number of aliphatic hydroxyl groups excluding tert-OH is 1. The van der Waals surface area contributed by atoms with Gasteiger partial charge < -0.3 is 10.4 Å². The number of carbonyl (C=O) groups excluding carboxylic acids is 2. The predicted octanol–water partition coefficient (Wildman–Crippen LogP) is 1.71. The number of fused-ring (bicyclic) bond motifs is 2. The summed E-state index contributed by atoms with van der Waals surface area (Å²) in [5.74, 6) is -0.487. The first kappa shape index (κ1) is 16.0.